The first-order valence-electron chi connectivity index (χ1n) is 11.1. The Hall–Kier alpha value is -2.26. The number of hydrogen-bond donors (Lipinski definition) is 1. The van der Waals surface area contributed by atoms with Gasteiger partial charge in [-0.15, -0.1) is 12.4 Å². The van der Waals surface area contributed by atoms with Crippen LogP contribution in [0.2, 0.25) is 0 Å². The van der Waals surface area contributed by atoms with Crippen LogP contribution in [0.3, 0.4) is 0 Å². The van der Waals surface area contributed by atoms with Crippen molar-refractivity contribution < 1.29 is 9.90 Å². The van der Waals surface area contributed by atoms with E-state index in [1.165, 1.54) is 28.0 Å². The van der Waals surface area contributed by atoms with E-state index in [0.29, 0.717) is 24.5 Å². The van der Waals surface area contributed by atoms with Crippen LogP contribution in [0.5, 0.6) is 0 Å². The second-order valence-electron chi connectivity index (χ2n) is 8.49. The number of carbonyl (C=O) groups is 1. The van der Waals surface area contributed by atoms with E-state index in [1.54, 1.807) is 0 Å². The monoisotopic (exact) mass is 489 g/mol. The minimum Gasteiger partial charge on any atom is -0.395 e. The number of aliphatic hydroxyl groups excluding tert-OH is 1. The summed E-state index contributed by atoms with van der Waals surface area (Å²) in [5.41, 5.74) is 6.52. The molecule has 0 saturated carbocycles. The van der Waals surface area contributed by atoms with Gasteiger partial charge in [0.15, 0.2) is 0 Å². The molecular formula is C24H32ClN5O2S. The number of aliphatic hydroxyl groups is 1. The number of aryl methyl sites for hydroxylation is 3. The Labute approximate surface area is 205 Å². The lowest BCUT2D eigenvalue weighted by molar-refractivity contribution is 0.0618. The van der Waals surface area contributed by atoms with Crippen molar-refractivity contribution in [2.75, 3.05) is 39.3 Å². The molecule has 0 unspecified atom stereocenters. The Balaban J connectivity index is 0.00000306. The van der Waals surface area contributed by atoms with Gasteiger partial charge in [0, 0.05) is 50.4 Å². The highest BCUT2D eigenvalue weighted by Crippen LogP contribution is 2.27. The number of β-amino-alcohol motifs (C(OH)–C–C–N with tert-alkyl or cyclic N) is 1. The van der Waals surface area contributed by atoms with Crippen molar-refractivity contribution in [1.82, 2.24) is 24.6 Å². The summed E-state index contributed by atoms with van der Waals surface area (Å²) in [5, 5.41) is 14.6. The fourth-order valence-corrected chi connectivity index (χ4v) is 5.20. The van der Waals surface area contributed by atoms with Crippen molar-refractivity contribution in [3.05, 3.63) is 62.9 Å². The standard InChI is InChI=1S/C24H31N5O2S.ClH/c1-16-5-7-20(8-6-16)15-21-17(2)26-29(19(21)4)24-25-18(3)22(32-24)23(31)28-11-9-27(10-12-28)13-14-30;/h5-8,30H,9-15H2,1-4H3;1H. The molecule has 33 heavy (non-hydrogen) atoms. The summed E-state index contributed by atoms with van der Waals surface area (Å²) < 4.78 is 1.88. The minimum atomic E-state index is 0. The van der Waals surface area contributed by atoms with Crippen LogP contribution in [-0.4, -0.2) is 74.9 Å². The van der Waals surface area contributed by atoms with E-state index in [1.807, 2.05) is 23.4 Å². The molecule has 1 aliphatic rings. The third kappa shape index (κ3) is 5.46. The van der Waals surface area contributed by atoms with Crippen LogP contribution < -0.4 is 0 Å². The van der Waals surface area contributed by atoms with Crippen LogP contribution in [0.1, 0.15) is 43.4 Å². The molecule has 9 heteroatoms. The molecule has 3 aromatic rings. The molecule has 1 aliphatic heterocycles. The van der Waals surface area contributed by atoms with Gasteiger partial charge in [0.05, 0.1) is 18.0 Å². The summed E-state index contributed by atoms with van der Waals surface area (Å²) in [6, 6.07) is 8.60. The number of benzene rings is 1. The Kier molecular flexibility index (Phi) is 8.28. The quantitative estimate of drug-likeness (QED) is 0.575. The summed E-state index contributed by atoms with van der Waals surface area (Å²) >= 11 is 1.41. The Morgan fingerprint density at radius 1 is 1.03 bits per heavy atom. The van der Waals surface area contributed by atoms with Crippen molar-refractivity contribution in [3.63, 3.8) is 0 Å². The van der Waals surface area contributed by atoms with E-state index in [9.17, 15) is 4.79 Å². The molecule has 178 valence electrons. The highest BCUT2D eigenvalue weighted by Gasteiger charge is 2.26. The smallest absolute Gasteiger partial charge is 0.266 e. The predicted molar refractivity (Wildman–Crippen MR) is 134 cm³/mol. The first kappa shape index (κ1) is 25.4. The molecule has 0 atom stereocenters. The second-order valence-corrected chi connectivity index (χ2v) is 9.47. The highest BCUT2D eigenvalue weighted by atomic mass is 35.5. The minimum absolute atomic E-state index is 0. The van der Waals surface area contributed by atoms with Crippen LogP contribution >= 0.6 is 23.7 Å². The molecule has 0 radical (unpaired) electrons. The zero-order chi connectivity index (χ0) is 22.8. The van der Waals surface area contributed by atoms with Gasteiger partial charge in [-0.3, -0.25) is 9.69 Å². The predicted octanol–water partition coefficient (Wildman–Crippen LogP) is 3.33. The summed E-state index contributed by atoms with van der Waals surface area (Å²) in [6.45, 7) is 11.8. The van der Waals surface area contributed by atoms with Gasteiger partial charge in [-0.2, -0.15) is 5.10 Å². The largest absolute Gasteiger partial charge is 0.395 e. The zero-order valence-electron chi connectivity index (χ0n) is 19.7. The third-order valence-electron chi connectivity index (χ3n) is 6.18. The van der Waals surface area contributed by atoms with Crippen LogP contribution in [0, 0.1) is 27.7 Å². The average Bonchev–Trinajstić information content (AvgIpc) is 3.30. The number of aromatic nitrogens is 3. The van der Waals surface area contributed by atoms with Crippen LogP contribution in [0.25, 0.3) is 5.13 Å². The molecule has 3 heterocycles. The van der Waals surface area contributed by atoms with E-state index >= 15 is 0 Å². The maximum Gasteiger partial charge on any atom is 0.266 e. The molecular weight excluding hydrogens is 458 g/mol. The van der Waals surface area contributed by atoms with Crippen LogP contribution in [-0.2, 0) is 6.42 Å². The normalized spacial score (nSPS) is 14.4. The molecule has 7 nitrogen and oxygen atoms in total. The summed E-state index contributed by atoms with van der Waals surface area (Å²) in [5.74, 6) is 0.0382. The fraction of sp³-hybridized carbons (Fsp3) is 0.458. The molecule has 1 fully saturated rings. The van der Waals surface area contributed by atoms with Crippen molar-refractivity contribution in [2.24, 2.45) is 0 Å². The van der Waals surface area contributed by atoms with Gasteiger partial charge >= 0.3 is 0 Å². The zero-order valence-corrected chi connectivity index (χ0v) is 21.3. The second kappa shape index (κ2) is 10.8. The lowest BCUT2D eigenvalue weighted by atomic mass is 10.0. The third-order valence-corrected chi connectivity index (χ3v) is 7.30. The number of carbonyl (C=O) groups excluding carboxylic acids is 1. The van der Waals surface area contributed by atoms with Crippen LogP contribution in [0.4, 0.5) is 0 Å². The Morgan fingerprint density at radius 2 is 1.70 bits per heavy atom. The van der Waals surface area contributed by atoms with Crippen molar-refractivity contribution >= 4 is 29.7 Å². The number of hydrogen-bond acceptors (Lipinski definition) is 6. The molecule has 0 spiro atoms. The van der Waals surface area contributed by atoms with Crippen molar-refractivity contribution in [2.45, 2.75) is 34.1 Å². The molecule has 1 aromatic carbocycles. The Morgan fingerprint density at radius 3 is 2.33 bits per heavy atom. The molecule has 4 rings (SSSR count). The average molecular weight is 490 g/mol. The van der Waals surface area contributed by atoms with Gasteiger partial charge in [0.2, 0.25) is 5.13 Å². The number of halogens is 1. The summed E-state index contributed by atoms with van der Waals surface area (Å²) in [4.78, 5) is 22.6. The van der Waals surface area contributed by atoms with Gasteiger partial charge in [-0.05, 0) is 33.3 Å². The topological polar surface area (TPSA) is 74.5 Å². The lowest BCUT2D eigenvalue weighted by Gasteiger charge is -2.34. The molecule has 0 aliphatic carbocycles. The molecule has 1 N–H and O–H groups in total. The first-order chi connectivity index (χ1) is 15.4. The number of rotatable bonds is 6. The maximum atomic E-state index is 13.2. The van der Waals surface area contributed by atoms with E-state index in [4.69, 9.17) is 15.2 Å². The Bertz CT molecular complexity index is 1100. The van der Waals surface area contributed by atoms with E-state index < -0.39 is 0 Å². The van der Waals surface area contributed by atoms with E-state index in [-0.39, 0.29) is 24.9 Å². The SMILES string of the molecule is Cc1ccc(Cc2c(C)nn(-c3nc(C)c(C(=O)N4CCN(CCO)CC4)s3)c2C)cc1.Cl. The van der Waals surface area contributed by atoms with Gasteiger partial charge in [-0.1, -0.05) is 41.2 Å². The molecule has 0 bridgehead atoms. The fourth-order valence-electron chi connectivity index (χ4n) is 4.16. The van der Waals surface area contributed by atoms with Gasteiger partial charge in [0.1, 0.15) is 4.88 Å². The summed E-state index contributed by atoms with van der Waals surface area (Å²) in [7, 11) is 0. The molecule has 2 aromatic heterocycles. The number of amides is 1. The number of nitrogens with zero attached hydrogens (tertiary/aromatic N) is 5. The molecule has 1 saturated heterocycles. The van der Waals surface area contributed by atoms with Gasteiger partial charge < -0.3 is 10.0 Å². The molecule has 1 amide bonds. The van der Waals surface area contributed by atoms with Gasteiger partial charge in [-0.25, -0.2) is 9.67 Å². The van der Waals surface area contributed by atoms with Crippen molar-refractivity contribution in [1.29, 1.82) is 0 Å². The summed E-state index contributed by atoms with van der Waals surface area (Å²) in [6.07, 6.45) is 0.826. The van der Waals surface area contributed by atoms with E-state index in [0.717, 1.165) is 41.7 Å². The van der Waals surface area contributed by atoms with E-state index in [2.05, 4.69) is 43.0 Å². The number of thiazole rings is 1. The first-order valence-corrected chi connectivity index (χ1v) is 11.9. The number of piperazine rings is 1. The lowest BCUT2D eigenvalue weighted by Crippen LogP contribution is -2.49. The highest BCUT2D eigenvalue weighted by molar-refractivity contribution is 7.16. The van der Waals surface area contributed by atoms with Crippen LogP contribution in [0.15, 0.2) is 24.3 Å². The van der Waals surface area contributed by atoms with Crippen molar-refractivity contribution in [3.8, 4) is 5.13 Å². The maximum absolute atomic E-state index is 13.2. The van der Waals surface area contributed by atoms with Gasteiger partial charge in [0.25, 0.3) is 5.91 Å².